The monoisotopic (exact) mass is 164 g/mol. The van der Waals surface area contributed by atoms with Gasteiger partial charge >= 0.3 is 0 Å². The van der Waals surface area contributed by atoms with Crippen molar-refractivity contribution < 1.29 is 9.47 Å². The molecule has 2 rings (SSSR count). The highest BCUT2D eigenvalue weighted by Crippen LogP contribution is 2.19. The second-order valence-corrected chi connectivity index (χ2v) is 3.01. The number of epoxide rings is 1. The first kappa shape index (κ1) is 7.62. The molecular formula is C10H12O2. The molecule has 0 radical (unpaired) electrons. The maximum Gasteiger partial charge on any atom is 0.124 e. The topological polar surface area (TPSA) is 21.8 Å². The van der Waals surface area contributed by atoms with Crippen LogP contribution >= 0.6 is 0 Å². The van der Waals surface area contributed by atoms with Crippen molar-refractivity contribution >= 4 is 0 Å². The molecule has 2 nitrogen and oxygen atoms in total. The third-order valence-corrected chi connectivity index (χ3v) is 1.95. The molecule has 1 aromatic rings. The van der Waals surface area contributed by atoms with Crippen molar-refractivity contribution in [3.8, 4) is 5.75 Å². The Hall–Kier alpha value is -1.02. The fourth-order valence-electron chi connectivity index (χ4n) is 1.12. The standard InChI is InChI=1S/C10H12O2/c1-8(10-7-11-10)12-9-5-3-2-4-6-9/h2-6,8,10H,7H2,1H3/t8-,10+/m1/s1. The van der Waals surface area contributed by atoms with E-state index in [0.717, 1.165) is 12.4 Å². The lowest BCUT2D eigenvalue weighted by molar-refractivity contribution is 0.176. The Balaban J connectivity index is 1.94. The van der Waals surface area contributed by atoms with Crippen LogP contribution in [0.3, 0.4) is 0 Å². The summed E-state index contributed by atoms with van der Waals surface area (Å²) < 4.78 is 10.7. The van der Waals surface area contributed by atoms with Crippen LogP contribution in [0.5, 0.6) is 5.75 Å². The Morgan fingerprint density at radius 2 is 2.08 bits per heavy atom. The minimum absolute atomic E-state index is 0.174. The van der Waals surface area contributed by atoms with E-state index in [1.165, 1.54) is 0 Å². The normalized spacial score (nSPS) is 23.2. The van der Waals surface area contributed by atoms with E-state index >= 15 is 0 Å². The number of hydrogen-bond donors (Lipinski definition) is 0. The van der Waals surface area contributed by atoms with Gasteiger partial charge in [0, 0.05) is 0 Å². The Morgan fingerprint density at radius 1 is 1.42 bits per heavy atom. The van der Waals surface area contributed by atoms with E-state index in [0.29, 0.717) is 6.10 Å². The molecule has 0 amide bonds. The van der Waals surface area contributed by atoms with Gasteiger partial charge in [-0.05, 0) is 19.1 Å². The number of para-hydroxylation sites is 1. The van der Waals surface area contributed by atoms with Crippen molar-refractivity contribution in [1.29, 1.82) is 0 Å². The van der Waals surface area contributed by atoms with Crippen molar-refractivity contribution in [3.05, 3.63) is 30.3 Å². The molecule has 0 saturated carbocycles. The van der Waals surface area contributed by atoms with Crippen molar-refractivity contribution in [2.45, 2.75) is 19.1 Å². The molecule has 0 aromatic heterocycles. The van der Waals surface area contributed by atoms with Gasteiger partial charge in [-0.2, -0.15) is 0 Å². The molecular weight excluding hydrogens is 152 g/mol. The maximum atomic E-state index is 5.61. The van der Waals surface area contributed by atoms with E-state index in [2.05, 4.69) is 0 Å². The summed E-state index contributed by atoms with van der Waals surface area (Å²) in [5, 5.41) is 0. The largest absolute Gasteiger partial charge is 0.488 e. The summed E-state index contributed by atoms with van der Waals surface area (Å²) in [7, 11) is 0. The smallest absolute Gasteiger partial charge is 0.124 e. The zero-order chi connectivity index (χ0) is 8.39. The van der Waals surface area contributed by atoms with Gasteiger partial charge in [0.2, 0.25) is 0 Å². The van der Waals surface area contributed by atoms with Gasteiger partial charge in [-0.15, -0.1) is 0 Å². The predicted molar refractivity (Wildman–Crippen MR) is 46.3 cm³/mol. The van der Waals surface area contributed by atoms with E-state index < -0.39 is 0 Å². The van der Waals surface area contributed by atoms with Crippen molar-refractivity contribution in [1.82, 2.24) is 0 Å². The fourth-order valence-corrected chi connectivity index (χ4v) is 1.12. The second kappa shape index (κ2) is 3.15. The van der Waals surface area contributed by atoms with E-state index in [1.807, 2.05) is 37.3 Å². The second-order valence-electron chi connectivity index (χ2n) is 3.01. The molecule has 2 heteroatoms. The van der Waals surface area contributed by atoms with Crippen LogP contribution in [0.1, 0.15) is 6.92 Å². The van der Waals surface area contributed by atoms with Gasteiger partial charge in [-0.3, -0.25) is 0 Å². The molecule has 1 aliphatic rings. The average Bonchev–Trinajstić information content (AvgIpc) is 2.88. The van der Waals surface area contributed by atoms with Gasteiger partial charge in [-0.1, -0.05) is 18.2 Å². The number of hydrogen-bond acceptors (Lipinski definition) is 2. The molecule has 0 unspecified atom stereocenters. The Bertz CT molecular complexity index is 241. The SMILES string of the molecule is C[C@@H](Oc1ccccc1)[C@@H]1CO1. The minimum Gasteiger partial charge on any atom is -0.488 e. The van der Waals surface area contributed by atoms with Crippen molar-refractivity contribution in [2.75, 3.05) is 6.61 Å². The number of benzene rings is 1. The first-order chi connectivity index (χ1) is 5.86. The van der Waals surface area contributed by atoms with Gasteiger partial charge in [0.25, 0.3) is 0 Å². The van der Waals surface area contributed by atoms with Gasteiger partial charge in [0.1, 0.15) is 18.0 Å². The highest BCUT2D eigenvalue weighted by molar-refractivity contribution is 5.21. The van der Waals surface area contributed by atoms with Gasteiger partial charge < -0.3 is 9.47 Å². The van der Waals surface area contributed by atoms with Crippen LogP contribution in [0.25, 0.3) is 0 Å². The average molecular weight is 164 g/mol. The maximum absolute atomic E-state index is 5.61. The predicted octanol–water partition coefficient (Wildman–Crippen LogP) is 1.85. The lowest BCUT2D eigenvalue weighted by atomic mass is 10.3. The summed E-state index contributed by atoms with van der Waals surface area (Å²) in [6.07, 6.45) is 0.484. The number of rotatable bonds is 3. The summed E-state index contributed by atoms with van der Waals surface area (Å²) in [6, 6.07) is 9.83. The quantitative estimate of drug-likeness (QED) is 0.636. The summed E-state index contributed by atoms with van der Waals surface area (Å²) in [5.41, 5.74) is 0. The summed E-state index contributed by atoms with van der Waals surface area (Å²) in [5.74, 6) is 0.917. The van der Waals surface area contributed by atoms with Crippen LogP contribution in [0.2, 0.25) is 0 Å². The van der Waals surface area contributed by atoms with Crippen LogP contribution in [0.15, 0.2) is 30.3 Å². The lowest BCUT2D eigenvalue weighted by Crippen LogP contribution is -2.18. The fraction of sp³-hybridized carbons (Fsp3) is 0.400. The third kappa shape index (κ3) is 1.77. The summed E-state index contributed by atoms with van der Waals surface area (Å²) in [6.45, 7) is 2.87. The highest BCUT2D eigenvalue weighted by atomic mass is 16.6. The van der Waals surface area contributed by atoms with Gasteiger partial charge in [0.05, 0.1) is 6.61 Å². The minimum atomic E-state index is 0.174. The molecule has 0 aliphatic carbocycles. The molecule has 0 bridgehead atoms. The van der Waals surface area contributed by atoms with Gasteiger partial charge in [0.15, 0.2) is 0 Å². The molecule has 1 heterocycles. The molecule has 0 spiro atoms. The highest BCUT2D eigenvalue weighted by Gasteiger charge is 2.30. The van der Waals surface area contributed by atoms with Crippen molar-refractivity contribution in [3.63, 3.8) is 0 Å². The van der Waals surface area contributed by atoms with Crippen LogP contribution in [0.4, 0.5) is 0 Å². The molecule has 12 heavy (non-hydrogen) atoms. The summed E-state index contributed by atoms with van der Waals surface area (Å²) in [4.78, 5) is 0. The zero-order valence-electron chi connectivity index (χ0n) is 7.07. The first-order valence-electron chi connectivity index (χ1n) is 4.19. The Morgan fingerprint density at radius 3 is 2.67 bits per heavy atom. The van der Waals surface area contributed by atoms with Crippen LogP contribution in [-0.4, -0.2) is 18.8 Å². The molecule has 1 fully saturated rings. The lowest BCUT2D eigenvalue weighted by Gasteiger charge is -2.11. The van der Waals surface area contributed by atoms with Crippen LogP contribution in [0, 0.1) is 0 Å². The summed E-state index contributed by atoms with van der Waals surface area (Å²) >= 11 is 0. The van der Waals surface area contributed by atoms with E-state index in [1.54, 1.807) is 0 Å². The Kier molecular flexibility index (Phi) is 2.00. The van der Waals surface area contributed by atoms with E-state index in [-0.39, 0.29) is 6.10 Å². The van der Waals surface area contributed by atoms with E-state index in [4.69, 9.17) is 9.47 Å². The zero-order valence-corrected chi connectivity index (χ0v) is 7.07. The Labute approximate surface area is 72.1 Å². The molecule has 0 N–H and O–H groups in total. The molecule has 1 saturated heterocycles. The van der Waals surface area contributed by atoms with Crippen molar-refractivity contribution in [2.24, 2.45) is 0 Å². The van der Waals surface area contributed by atoms with Crippen LogP contribution in [-0.2, 0) is 4.74 Å². The molecule has 1 aromatic carbocycles. The first-order valence-corrected chi connectivity index (χ1v) is 4.19. The van der Waals surface area contributed by atoms with Crippen LogP contribution < -0.4 is 4.74 Å². The number of ether oxygens (including phenoxy) is 2. The third-order valence-electron chi connectivity index (χ3n) is 1.95. The molecule has 1 aliphatic heterocycles. The molecule has 2 atom stereocenters. The molecule has 64 valence electrons. The van der Waals surface area contributed by atoms with Gasteiger partial charge in [-0.25, -0.2) is 0 Å². The van der Waals surface area contributed by atoms with E-state index in [9.17, 15) is 0 Å².